The van der Waals surface area contributed by atoms with Gasteiger partial charge in [0.25, 0.3) is 0 Å². The van der Waals surface area contributed by atoms with Crippen LogP contribution in [0.4, 0.5) is 0 Å². The molecule has 2 aromatic carbocycles. The van der Waals surface area contributed by atoms with Crippen LogP contribution in [0.15, 0.2) is 54.6 Å². The minimum atomic E-state index is -0.431. The number of hydrogen-bond donors (Lipinski definition) is 0. The predicted molar refractivity (Wildman–Crippen MR) is 145 cm³/mol. The lowest BCUT2D eigenvalue weighted by Gasteiger charge is -2.15. The average molecular weight is 477 g/mol. The summed E-state index contributed by atoms with van der Waals surface area (Å²) in [4.78, 5) is 36.3. The third-order valence-corrected chi connectivity index (χ3v) is 6.84. The van der Waals surface area contributed by atoms with Crippen molar-refractivity contribution in [3.63, 3.8) is 0 Å². The van der Waals surface area contributed by atoms with Gasteiger partial charge in [-0.25, -0.2) is 0 Å². The number of carbonyl (C=O) groups excluding carboxylic acids is 3. The molecule has 0 heterocycles. The van der Waals surface area contributed by atoms with Gasteiger partial charge in [0.2, 0.25) is 11.6 Å². The zero-order valence-electron chi connectivity index (χ0n) is 21.9. The monoisotopic (exact) mass is 476 g/mol. The van der Waals surface area contributed by atoms with E-state index in [1.165, 1.54) is 57.8 Å². The van der Waals surface area contributed by atoms with E-state index in [1.807, 2.05) is 38.1 Å². The van der Waals surface area contributed by atoms with Gasteiger partial charge < -0.3 is 4.79 Å². The Labute approximate surface area is 212 Å². The maximum absolute atomic E-state index is 12.8. The van der Waals surface area contributed by atoms with Crippen molar-refractivity contribution in [2.75, 3.05) is 0 Å². The lowest BCUT2D eigenvalue weighted by molar-refractivity contribution is -0.115. The zero-order valence-corrected chi connectivity index (χ0v) is 21.9. The smallest absolute Gasteiger partial charge is 0.233 e. The predicted octanol–water partition coefficient (Wildman–Crippen LogP) is 8.59. The van der Waals surface area contributed by atoms with Crippen LogP contribution in [0.1, 0.15) is 124 Å². The summed E-state index contributed by atoms with van der Waals surface area (Å²) in [5.41, 5.74) is 1.83. The van der Waals surface area contributed by atoms with Crippen molar-refractivity contribution in [1.29, 1.82) is 0 Å². The Balaban J connectivity index is 1.54. The second-order valence-electron chi connectivity index (χ2n) is 10.5. The molecular weight excluding hydrogens is 432 g/mol. The number of aldehydes is 1. The standard InChI is InChI=1S/C32H44O3/c1-32(2,26-33)25-19-12-10-8-6-4-3-5-7-9-11-14-20-27-21-17-18-24-29(27)31(35)30(34)28-22-15-13-16-23-28/h13,15-18,21-24,26H,3-12,14,19-20,25H2,1-2H3. The fourth-order valence-electron chi connectivity index (χ4n) is 4.53. The van der Waals surface area contributed by atoms with Gasteiger partial charge in [-0.2, -0.15) is 0 Å². The highest BCUT2D eigenvalue weighted by Crippen LogP contribution is 2.21. The molecule has 190 valence electrons. The third kappa shape index (κ3) is 11.2. The van der Waals surface area contributed by atoms with Crippen molar-refractivity contribution in [2.24, 2.45) is 5.41 Å². The summed E-state index contributed by atoms with van der Waals surface area (Å²) in [6.07, 6.45) is 17.9. The number of carbonyl (C=O) groups is 3. The molecular formula is C32H44O3. The summed E-state index contributed by atoms with van der Waals surface area (Å²) < 4.78 is 0. The quantitative estimate of drug-likeness (QED) is 0.0882. The van der Waals surface area contributed by atoms with Crippen LogP contribution in [0.2, 0.25) is 0 Å². The fraction of sp³-hybridized carbons (Fsp3) is 0.531. The summed E-state index contributed by atoms with van der Waals surface area (Å²) in [6.45, 7) is 4.05. The molecule has 0 spiro atoms. The number of ketones is 2. The lowest BCUT2D eigenvalue weighted by atomic mass is 9.88. The van der Waals surface area contributed by atoms with Crippen LogP contribution < -0.4 is 0 Å². The summed E-state index contributed by atoms with van der Waals surface area (Å²) >= 11 is 0. The van der Waals surface area contributed by atoms with Gasteiger partial charge in [0.1, 0.15) is 6.29 Å². The number of unbranched alkanes of at least 4 members (excludes halogenated alkanes) is 11. The van der Waals surface area contributed by atoms with Crippen LogP contribution in [0.25, 0.3) is 0 Å². The van der Waals surface area contributed by atoms with E-state index < -0.39 is 11.6 Å². The van der Waals surface area contributed by atoms with Crippen LogP contribution >= 0.6 is 0 Å². The molecule has 0 saturated carbocycles. The first-order valence-electron chi connectivity index (χ1n) is 13.6. The molecule has 0 N–H and O–H groups in total. The number of rotatable bonds is 19. The Morgan fingerprint density at radius 1 is 0.629 bits per heavy atom. The second kappa shape index (κ2) is 16.2. The molecule has 0 amide bonds. The van der Waals surface area contributed by atoms with E-state index in [-0.39, 0.29) is 5.41 Å². The Bertz CT molecular complexity index is 898. The highest BCUT2D eigenvalue weighted by Gasteiger charge is 2.20. The number of aryl methyl sites for hydroxylation is 1. The maximum atomic E-state index is 12.8. The number of Topliss-reactive ketones (excluding diaryl/α,β-unsaturated/α-hetero) is 2. The molecule has 0 saturated heterocycles. The van der Waals surface area contributed by atoms with Gasteiger partial charge in [-0.3, -0.25) is 9.59 Å². The largest absolute Gasteiger partial charge is 0.303 e. The molecule has 0 radical (unpaired) electrons. The fourth-order valence-corrected chi connectivity index (χ4v) is 4.53. The molecule has 0 aliphatic rings. The first-order valence-corrected chi connectivity index (χ1v) is 13.6. The first-order chi connectivity index (χ1) is 16.9. The van der Waals surface area contributed by atoms with E-state index >= 15 is 0 Å². The molecule has 0 aromatic heterocycles. The van der Waals surface area contributed by atoms with Crippen molar-refractivity contribution in [3.8, 4) is 0 Å². The molecule has 0 aliphatic heterocycles. The molecule has 0 atom stereocenters. The van der Waals surface area contributed by atoms with Crippen molar-refractivity contribution < 1.29 is 14.4 Å². The van der Waals surface area contributed by atoms with Crippen LogP contribution in [0, 0.1) is 5.41 Å². The van der Waals surface area contributed by atoms with Gasteiger partial charge in [-0.1, -0.05) is 139 Å². The molecule has 0 bridgehead atoms. The third-order valence-electron chi connectivity index (χ3n) is 6.84. The Morgan fingerprint density at radius 3 is 1.69 bits per heavy atom. The Kier molecular flexibility index (Phi) is 13.3. The molecule has 3 nitrogen and oxygen atoms in total. The van der Waals surface area contributed by atoms with E-state index in [1.54, 1.807) is 30.3 Å². The molecule has 2 aromatic rings. The minimum absolute atomic E-state index is 0.151. The van der Waals surface area contributed by atoms with E-state index in [9.17, 15) is 14.4 Å². The summed E-state index contributed by atoms with van der Waals surface area (Å²) in [7, 11) is 0. The van der Waals surface area contributed by atoms with Crippen LogP contribution in [-0.2, 0) is 11.2 Å². The average Bonchev–Trinajstić information content (AvgIpc) is 2.88. The first kappa shape index (κ1) is 28.7. The number of hydrogen-bond acceptors (Lipinski definition) is 3. The normalized spacial score (nSPS) is 11.4. The minimum Gasteiger partial charge on any atom is -0.303 e. The molecule has 0 aliphatic carbocycles. The van der Waals surface area contributed by atoms with Crippen molar-refractivity contribution in [2.45, 2.75) is 104 Å². The van der Waals surface area contributed by atoms with Gasteiger partial charge in [0.05, 0.1) is 0 Å². The molecule has 0 fully saturated rings. The van der Waals surface area contributed by atoms with Crippen LogP contribution in [0.3, 0.4) is 0 Å². The highest BCUT2D eigenvalue weighted by molar-refractivity contribution is 6.49. The molecule has 35 heavy (non-hydrogen) atoms. The van der Waals surface area contributed by atoms with Gasteiger partial charge >= 0.3 is 0 Å². The second-order valence-corrected chi connectivity index (χ2v) is 10.5. The highest BCUT2D eigenvalue weighted by atomic mass is 16.2. The Morgan fingerprint density at radius 2 is 1.11 bits per heavy atom. The van der Waals surface area contributed by atoms with Gasteiger partial charge in [-0.05, 0) is 24.8 Å². The van der Waals surface area contributed by atoms with Crippen molar-refractivity contribution in [3.05, 3.63) is 71.3 Å². The van der Waals surface area contributed by atoms with Crippen molar-refractivity contribution >= 4 is 17.9 Å². The van der Waals surface area contributed by atoms with Crippen LogP contribution in [-0.4, -0.2) is 17.9 Å². The zero-order chi connectivity index (χ0) is 25.4. The summed E-state index contributed by atoms with van der Waals surface area (Å²) in [5.74, 6) is -0.837. The van der Waals surface area contributed by atoms with Gasteiger partial charge in [0, 0.05) is 16.5 Å². The van der Waals surface area contributed by atoms with E-state index in [4.69, 9.17) is 0 Å². The molecule has 0 unspecified atom stereocenters. The Hall–Kier alpha value is -2.55. The summed E-state index contributed by atoms with van der Waals surface area (Å²) in [5, 5.41) is 0. The summed E-state index contributed by atoms with van der Waals surface area (Å²) in [6, 6.07) is 16.4. The van der Waals surface area contributed by atoms with Gasteiger partial charge in [-0.15, -0.1) is 0 Å². The van der Waals surface area contributed by atoms with E-state index in [0.717, 1.165) is 44.0 Å². The SMILES string of the molecule is CC(C)(C=O)CCCCCCCCCCCCCCc1ccccc1C(=O)C(=O)c1ccccc1. The van der Waals surface area contributed by atoms with E-state index in [2.05, 4.69) is 0 Å². The van der Waals surface area contributed by atoms with Crippen LogP contribution in [0.5, 0.6) is 0 Å². The maximum Gasteiger partial charge on any atom is 0.233 e. The number of benzene rings is 2. The van der Waals surface area contributed by atoms with Crippen molar-refractivity contribution in [1.82, 2.24) is 0 Å². The lowest BCUT2D eigenvalue weighted by Crippen LogP contribution is -2.16. The topological polar surface area (TPSA) is 51.2 Å². The molecule has 3 heteroatoms. The molecule has 2 rings (SSSR count). The van der Waals surface area contributed by atoms with Gasteiger partial charge in [0.15, 0.2) is 0 Å². The van der Waals surface area contributed by atoms with E-state index in [0.29, 0.717) is 11.1 Å².